The van der Waals surface area contributed by atoms with Crippen molar-refractivity contribution < 1.29 is 19.1 Å². The fraction of sp³-hybridized carbons (Fsp3) is 0.421. The fourth-order valence-corrected chi connectivity index (χ4v) is 5.79. The molecule has 0 aliphatic rings. The van der Waals surface area contributed by atoms with Gasteiger partial charge in [0.2, 0.25) is 0 Å². The van der Waals surface area contributed by atoms with Crippen LogP contribution in [0.25, 0.3) is 12.2 Å². The van der Waals surface area contributed by atoms with Gasteiger partial charge in [-0.2, -0.15) is 0 Å². The molecule has 0 aliphatic heterocycles. The molecule has 4 nitrogen and oxygen atoms in total. The second-order valence-electron chi connectivity index (χ2n) is 11.7. The van der Waals surface area contributed by atoms with Crippen LogP contribution in [0.15, 0.2) is 78.9 Å². The van der Waals surface area contributed by atoms with Crippen LogP contribution in [0, 0.1) is 5.41 Å². The maximum absolute atomic E-state index is 12.7. The number of aryl methyl sites for hydroxylation is 1. The zero-order chi connectivity index (χ0) is 30.9. The van der Waals surface area contributed by atoms with Crippen LogP contribution in [0.5, 0.6) is 0 Å². The zero-order valence-electron chi connectivity index (χ0n) is 26.2. The first kappa shape index (κ1) is 34.2. The standard InChI is InChI=1S/C38H48O4S/c1-5-6-7-8-9-13-26-41-35(39)28-43-29-38(3,4)37(40)42-27-14-15-31-20-24-34(25-21-31)36(32-16-11-10-12-17-32)33-22-18-30(2)19-23-33/h10-12,16-25H,2,5-9,13-15,26-29H2,1,3-4H3. The smallest absolute Gasteiger partial charge is 0.315 e. The monoisotopic (exact) mass is 600 g/mol. The number of thioether (sulfide) groups is 1. The predicted molar refractivity (Wildman–Crippen MR) is 180 cm³/mol. The van der Waals surface area contributed by atoms with Crippen molar-refractivity contribution in [3.63, 3.8) is 0 Å². The van der Waals surface area contributed by atoms with Gasteiger partial charge in [0, 0.05) is 5.75 Å². The van der Waals surface area contributed by atoms with Crippen molar-refractivity contribution in [2.45, 2.75) is 72.1 Å². The maximum atomic E-state index is 12.7. The van der Waals surface area contributed by atoms with E-state index in [1.165, 1.54) is 54.1 Å². The lowest BCUT2D eigenvalue weighted by molar-refractivity contribution is -0.152. The SMILES string of the molecule is C=c1ccc(=C(c2ccccc2)c2ccc(CCCOC(=O)C(C)(C)CSCC(=O)OCCCCCCCC)cc2)cc1. The Labute approximate surface area is 262 Å². The molecule has 230 valence electrons. The van der Waals surface area contributed by atoms with E-state index in [9.17, 15) is 9.59 Å². The Balaban J connectivity index is 1.41. The molecule has 0 unspecified atom stereocenters. The predicted octanol–water partition coefficient (Wildman–Crippen LogP) is 7.48. The number of carbonyl (C=O) groups excluding carboxylic acids is 2. The van der Waals surface area contributed by atoms with Gasteiger partial charge in [0.1, 0.15) is 0 Å². The highest BCUT2D eigenvalue weighted by Gasteiger charge is 2.29. The molecule has 0 saturated carbocycles. The molecule has 0 spiro atoms. The van der Waals surface area contributed by atoms with Gasteiger partial charge < -0.3 is 9.47 Å². The van der Waals surface area contributed by atoms with Gasteiger partial charge in [-0.1, -0.05) is 124 Å². The summed E-state index contributed by atoms with van der Waals surface area (Å²) < 4.78 is 11.0. The molecular formula is C38H48O4S. The van der Waals surface area contributed by atoms with Gasteiger partial charge >= 0.3 is 11.9 Å². The van der Waals surface area contributed by atoms with Crippen molar-refractivity contribution >= 4 is 35.9 Å². The molecule has 0 saturated heterocycles. The van der Waals surface area contributed by atoms with Crippen LogP contribution in [0.3, 0.4) is 0 Å². The molecule has 0 bridgehead atoms. The Morgan fingerprint density at radius 3 is 2.07 bits per heavy atom. The summed E-state index contributed by atoms with van der Waals surface area (Å²) in [6.45, 7) is 10.8. The van der Waals surface area contributed by atoms with Crippen molar-refractivity contribution in [3.05, 3.63) is 106 Å². The van der Waals surface area contributed by atoms with Gasteiger partial charge in [-0.25, -0.2) is 0 Å². The van der Waals surface area contributed by atoms with E-state index in [1.807, 2.05) is 32.0 Å². The van der Waals surface area contributed by atoms with Crippen LogP contribution in [-0.4, -0.2) is 36.7 Å². The largest absolute Gasteiger partial charge is 0.465 e. The lowest BCUT2D eigenvalue weighted by Crippen LogP contribution is -2.30. The summed E-state index contributed by atoms with van der Waals surface area (Å²) in [5, 5.41) is 2.15. The Morgan fingerprint density at radius 2 is 1.37 bits per heavy atom. The molecule has 0 amide bonds. The van der Waals surface area contributed by atoms with E-state index < -0.39 is 5.41 Å². The third-order valence-electron chi connectivity index (χ3n) is 7.39. The molecule has 0 heterocycles. The van der Waals surface area contributed by atoms with Gasteiger partial charge in [-0.15, -0.1) is 11.8 Å². The Hall–Kier alpha value is -3.31. The highest BCUT2D eigenvalue weighted by molar-refractivity contribution is 7.99. The summed E-state index contributed by atoms with van der Waals surface area (Å²) in [6.07, 6.45) is 8.54. The van der Waals surface area contributed by atoms with Crippen LogP contribution in [0.2, 0.25) is 0 Å². The normalized spacial score (nSPS) is 11.2. The summed E-state index contributed by atoms with van der Waals surface area (Å²) in [4.78, 5) is 24.8. The minimum atomic E-state index is -0.665. The Bertz CT molecular complexity index is 1360. The van der Waals surface area contributed by atoms with Crippen LogP contribution in [0.4, 0.5) is 0 Å². The molecule has 0 aliphatic carbocycles. The Morgan fingerprint density at radius 1 is 0.744 bits per heavy atom. The summed E-state index contributed by atoms with van der Waals surface area (Å²) in [7, 11) is 0. The number of benzene rings is 3. The van der Waals surface area contributed by atoms with E-state index in [0.717, 1.165) is 41.7 Å². The third kappa shape index (κ3) is 12.1. The number of carbonyl (C=O) groups is 2. The quantitative estimate of drug-likeness (QED) is 0.112. The first-order chi connectivity index (χ1) is 20.8. The number of hydrogen-bond acceptors (Lipinski definition) is 5. The van der Waals surface area contributed by atoms with E-state index in [-0.39, 0.29) is 17.7 Å². The minimum Gasteiger partial charge on any atom is -0.465 e. The van der Waals surface area contributed by atoms with Crippen molar-refractivity contribution in [1.29, 1.82) is 0 Å². The summed E-state index contributed by atoms with van der Waals surface area (Å²) in [5.41, 5.74) is 4.05. The molecular weight excluding hydrogens is 552 g/mol. The molecule has 0 fully saturated rings. The van der Waals surface area contributed by atoms with Crippen molar-refractivity contribution in [3.8, 4) is 0 Å². The van der Waals surface area contributed by atoms with Crippen LogP contribution >= 0.6 is 11.8 Å². The molecule has 0 radical (unpaired) electrons. The molecule has 0 N–H and O–H groups in total. The number of unbranched alkanes of at least 4 members (excludes halogenated alkanes) is 5. The summed E-state index contributed by atoms with van der Waals surface area (Å²) in [5.74, 6) is 0.328. The van der Waals surface area contributed by atoms with Crippen LogP contribution in [0.1, 0.15) is 82.4 Å². The van der Waals surface area contributed by atoms with E-state index in [4.69, 9.17) is 9.47 Å². The maximum Gasteiger partial charge on any atom is 0.315 e. The zero-order valence-corrected chi connectivity index (χ0v) is 27.1. The number of hydrogen-bond donors (Lipinski definition) is 0. The summed E-state index contributed by atoms with van der Waals surface area (Å²) in [6, 6.07) is 27.4. The van der Waals surface area contributed by atoms with Crippen LogP contribution in [-0.2, 0) is 25.5 Å². The average molecular weight is 601 g/mol. The second kappa shape index (κ2) is 18.4. The highest BCUT2D eigenvalue weighted by Crippen LogP contribution is 2.24. The van der Waals surface area contributed by atoms with Crippen molar-refractivity contribution in [1.82, 2.24) is 0 Å². The van der Waals surface area contributed by atoms with E-state index >= 15 is 0 Å². The lowest BCUT2D eigenvalue weighted by atomic mass is 9.94. The van der Waals surface area contributed by atoms with E-state index in [1.54, 1.807) is 0 Å². The molecule has 3 aromatic rings. The Kier molecular flexibility index (Phi) is 14.6. The van der Waals surface area contributed by atoms with E-state index in [2.05, 4.69) is 74.2 Å². The number of rotatable bonds is 18. The van der Waals surface area contributed by atoms with Gasteiger partial charge in [-0.3, -0.25) is 9.59 Å². The van der Waals surface area contributed by atoms with E-state index in [0.29, 0.717) is 19.0 Å². The first-order valence-corrected chi connectivity index (χ1v) is 16.8. The molecule has 0 atom stereocenters. The number of esters is 2. The lowest BCUT2D eigenvalue weighted by Gasteiger charge is -2.22. The molecule has 43 heavy (non-hydrogen) atoms. The van der Waals surface area contributed by atoms with Crippen LogP contribution < -0.4 is 10.4 Å². The number of ether oxygens (including phenoxy) is 2. The van der Waals surface area contributed by atoms with Gasteiger partial charge in [-0.05, 0) is 65.8 Å². The molecule has 5 heteroatoms. The fourth-order valence-electron chi connectivity index (χ4n) is 4.81. The molecule has 3 aromatic carbocycles. The molecule has 3 rings (SSSR count). The highest BCUT2D eigenvalue weighted by atomic mass is 32.2. The van der Waals surface area contributed by atoms with Gasteiger partial charge in [0.15, 0.2) is 0 Å². The van der Waals surface area contributed by atoms with Gasteiger partial charge in [0.25, 0.3) is 0 Å². The van der Waals surface area contributed by atoms with Crippen molar-refractivity contribution in [2.24, 2.45) is 5.41 Å². The van der Waals surface area contributed by atoms with Crippen molar-refractivity contribution in [2.75, 3.05) is 24.7 Å². The first-order valence-electron chi connectivity index (χ1n) is 15.6. The second-order valence-corrected chi connectivity index (χ2v) is 12.7. The topological polar surface area (TPSA) is 52.6 Å². The molecule has 0 aromatic heterocycles. The summed E-state index contributed by atoms with van der Waals surface area (Å²) >= 11 is 1.43. The van der Waals surface area contributed by atoms with Gasteiger partial charge in [0.05, 0.1) is 24.4 Å². The minimum absolute atomic E-state index is 0.210. The third-order valence-corrected chi connectivity index (χ3v) is 8.75. The average Bonchev–Trinajstić information content (AvgIpc) is 3.01.